The standard InChI is InChI=1S/C22H29ClN4O/c23-18-6-4-17(5-7-18)13-20-16-28-21(14-24)15-27(20)19-8-11-26(12-9-19)22-3-1-2-10-25-22/h1-7,10,19-21H,8-9,11-16,24H2/t20?,21-/m0/s1. The second-order valence-electron chi connectivity index (χ2n) is 7.78. The molecule has 3 heterocycles. The average molecular weight is 401 g/mol. The van der Waals surface area contributed by atoms with Gasteiger partial charge in [0, 0.05) is 49.5 Å². The van der Waals surface area contributed by atoms with Crippen molar-refractivity contribution in [3.05, 3.63) is 59.2 Å². The van der Waals surface area contributed by atoms with Gasteiger partial charge in [-0.05, 0) is 49.1 Å². The number of aromatic nitrogens is 1. The molecule has 2 aliphatic rings. The molecule has 2 aromatic rings. The number of hydrogen-bond donors (Lipinski definition) is 1. The van der Waals surface area contributed by atoms with Crippen molar-refractivity contribution in [1.82, 2.24) is 9.88 Å². The zero-order chi connectivity index (χ0) is 19.3. The van der Waals surface area contributed by atoms with Crippen LogP contribution < -0.4 is 10.6 Å². The summed E-state index contributed by atoms with van der Waals surface area (Å²) in [5, 5.41) is 0.783. The van der Waals surface area contributed by atoms with Crippen molar-refractivity contribution in [2.24, 2.45) is 5.73 Å². The number of anilines is 1. The first kappa shape index (κ1) is 19.6. The maximum atomic E-state index is 6.05. The largest absolute Gasteiger partial charge is 0.374 e. The molecule has 0 amide bonds. The molecule has 28 heavy (non-hydrogen) atoms. The SMILES string of the molecule is NC[C@H]1CN(C2CCN(c3ccccn3)CC2)C(Cc2ccc(Cl)cc2)CO1. The van der Waals surface area contributed by atoms with Gasteiger partial charge in [-0.25, -0.2) is 4.98 Å². The normalized spacial score (nSPS) is 24.4. The number of benzene rings is 1. The first-order chi connectivity index (χ1) is 13.7. The van der Waals surface area contributed by atoms with Gasteiger partial charge in [-0.3, -0.25) is 4.90 Å². The van der Waals surface area contributed by atoms with E-state index in [2.05, 4.69) is 39.0 Å². The van der Waals surface area contributed by atoms with E-state index in [1.165, 1.54) is 5.56 Å². The van der Waals surface area contributed by atoms with E-state index in [9.17, 15) is 0 Å². The molecule has 2 fully saturated rings. The Morgan fingerprint density at radius 1 is 1.11 bits per heavy atom. The number of rotatable bonds is 5. The molecule has 0 aliphatic carbocycles. The molecule has 2 N–H and O–H groups in total. The highest BCUT2D eigenvalue weighted by Crippen LogP contribution is 2.26. The van der Waals surface area contributed by atoms with Crippen molar-refractivity contribution in [2.45, 2.75) is 37.5 Å². The second kappa shape index (κ2) is 9.23. The number of halogens is 1. The zero-order valence-electron chi connectivity index (χ0n) is 16.2. The molecule has 5 nitrogen and oxygen atoms in total. The lowest BCUT2D eigenvalue weighted by molar-refractivity contribution is -0.0779. The van der Waals surface area contributed by atoms with Gasteiger partial charge in [0.05, 0.1) is 12.7 Å². The number of nitrogens with two attached hydrogens (primary N) is 1. The fourth-order valence-electron chi connectivity index (χ4n) is 4.41. The van der Waals surface area contributed by atoms with Gasteiger partial charge in [-0.1, -0.05) is 29.8 Å². The summed E-state index contributed by atoms with van der Waals surface area (Å²) in [4.78, 5) is 9.56. The van der Waals surface area contributed by atoms with Crippen LogP contribution in [-0.4, -0.2) is 60.9 Å². The van der Waals surface area contributed by atoms with Gasteiger partial charge >= 0.3 is 0 Å². The minimum Gasteiger partial charge on any atom is -0.374 e. The zero-order valence-corrected chi connectivity index (χ0v) is 17.0. The van der Waals surface area contributed by atoms with Crippen LogP contribution in [0.25, 0.3) is 0 Å². The molecule has 0 radical (unpaired) electrons. The first-order valence-corrected chi connectivity index (χ1v) is 10.6. The number of morpholine rings is 1. The van der Waals surface area contributed by atoms with Gasteiger partial charge < -0.3 is 15.4 Å². The molecule has 0 spiro atoms. The summed E-state index contributed by atoms with van der Waals surface area (Å²) in [5.41, 5.74) is 7.23. The van der Waals surface area contributed by atoms with Crippen LogP contribution in [0.5, 0.6) is 0 Å². The summed E-state index contributed by atoms with van der Waals surface area (Å²) in [6.45, 7) is 4.32. The molecule has 0 bridgehead atoms. The molecule has 2 saturated heterocycles. The van der Waals surface area contributed by atoms with Crippen LogP contribution in [0, 0.1) is 0 Å². The minimum absolute atomic E-state index is 0.135. The Balaban J connectivity index is 1.42. The molecule has 2 aliphatic heterocycles. The van der Waals surface area contributed by atoms with Crippen LogP contribution in [0.1, 0.15) is 18.4 Å². The third kappa shape index (κ3) is 4.66. The molecule has 2 atom stereocenters. The van der Waals surface area contributed by atoms with Crippen molar-refractivity contribution in [2.75, 3.05) is 37.7 Å². The maximum Gasteiger partial charge on any atom is 0.128 e. The number of nitrogens with zero attached hydrogens (tertiary/aromatic N) is 3. The van der Waals surface area contributed by atoms with E-state index in [-0.39, 0.29) is 6.10 Å². The second-order valence-corrected chi connectivity index (χ2v) is 8.21. The highest BCUT2D eigenvalue weighted by Gasteiger charge is 2.35. The third-order valence-corrected chi connectivity index (χ3v) is 6.21. The molecule has 0 saturated carbocycles. The van der Waals surface area contributed by atoms with Crippen molar-refractivity contribution >= 4 is 17.4 Å². The van der Waals surface area contributed by atoms with Crippen molar-refractivity contribution in [1.29, 1.82) is 0 Å². The Kier molecular flexibility index (Phi) is 6.47. The molecule has 1 aromatic heterocycles. The summed E-state index contributed by atoms with van der Waals surface area (Å²) < 4.78 is 6.03. The van der Waals surface area contributed by atoms with Gasteiger partial charge in [0.15, 0.2) is 0 Å². The third-order valence-electron chi connectivity index (χ3n) is 5.96. The van der Waals surface area contributed by atoms with Crippen LogP contribution in [0.3, 0.4) is 0 Å². The number of ether oxygens (including phenoxy) is 1. The Morgan fingerprint density at radius 3 is 2.57 bits per heavy atom. The minimum atomic E-state index is 0.135. The predicted molar refractivity (Wildman–Crippen MR) is 114 cm³/mol. The lowest BCUT2D eigenvalue weighted by atomic mass is 9.96. The van der Waals surface area contributed by atoms with Crippen molar-refractivity contribution in [3.63, 3.8) is 0 Å². The fourth-order valence-corrected chi connectivity index (χ4v) is 4.53. The Hall–Kier alpha value is -1.66. The molecule has 1 aromatic carbocycles. The number of hydrogen-bond acceptors (Lipinski definition) is 5. The lowest BCUT2D eigenvalue weighted by Gasteiger charge is -2.46. The van der Waals surface area contributed by atoms with E-state index in [0.29, 0.717) is 18.6 Å². The van der Waals surface area contributed by atoms with Crippen LogP contribution in [0.2, 0.25) is 5.02 Å². The Bertz CT molecular complexity index is 734. The van der Waals surface area contributed by atoms with E-state index in [4.69, 9.17) is 22.1 Å². The van der Waals surface area contributed by atoms with Gasteiger partial charge in [0.2, 0.25) is 0 Å². The summed E-state index contributed by atoms with van der Waals surface area (Å²) in [7, 11) is 0. The smallest absolute Gasteiger partial charge is 0.128 e. The maximum absolute atomic E-state index is 6.05. The van der Waals surface area contributed by atoms with Gasteiger partial charge in [-0.15, -0.1) is 0 Å². The predicted octanol–water partition coefficient (Wildman–Crippen LogP) is 2.97. The van der Waals surface area contributed by atoms with Gasteiger partial charge in [0.1, 0.15) is 5.82 Å². The van der Waals surface area contributed by atoms with E-state index in [0.717, 1.165) is 56.3 Å². The van der Waals surface area contributed by atoms with E-state index >= 15 is 0 Å². The summed E-state index contributed by atoms with van der Waals surface area (Å²) >= 11 is 6.05. The summed E-state index contributed by atoms with van der Waals surface area (Å²) in [6, 6.07) is 15.3. The average Bonchev–Trinajstić information content (AvgIpc) is 2.76. The molecule has 1 unspecified atom stereocenters. The van der Waals surface area contributed by atoms with Crippen LogP contribution >= 0.6 is 11.6 Å². The van der Waals surface area contributed by atoms with E-state index in [1.54, 1.807) is 0 Å². The topological polar surface area (TPSA) is 54.6 Å². The molecule has 150 valence electrons. The lowest BCUT2D eigenvalue weighted by Crippen LogP contribution is -2.58. The van der Waals surface area contributed by atoms with Crippen LogP contribution in [0.15, 0.2) is 48.7 Å². The quantitative estimate of drug-likeness (QED) is 0.836. The Labute approximate surface area is 172 Å². The first-order valence-electron chi connectivity index (χ1n) is 10.2. The monoisotopic (exact) mass is 400 g/mol. The summed E-state index contributed by atoms with van der Waals surface area (Å²) in [6.07, 6.45) is 5.28. The van der Waals surface area contributed by atoms with Gasteiger partial charge in [-0.2, -0.15) is 0 Å². The fraction of sp³-hybridized carbons (Fsp3) is 0.500. The Morgan fingerprint density at radius 2 is 1.89 bits per heavy atom. The molecular formula is C22H29ClN4O. The van der Waals surface area contributed by atoms with E-state index < -0.39 is 0 Å². The van der Waals surface area contributed by atoms with Crippen molar-refractivity contribution in [3.8, 4) is 0 Å². The highest BCUT2D eigenvalue weighted by molar-refractivity contribution is 6.30. The molecule has 4 rings (SSSR count). The molecule has 6 heteroatoms. The summed E-state index contributed by atoms with van der Waals surface area (Å²) in [5.74, 6) is 1.08. The number of piperidine rings is 1. The van der Waals surface area contributed by atoms with Crippen molar-refractivity contribution < 1.29 is 4.74 Å². The number of pyridine rings is 1. The highest BCUT2D eigenvalue weighted by atomic mass is 35.5. The van der Waals surface area contributed by atoms with Crippen LogP contribution in [0.4, 0.5) is 5.82 Å². The van der Waals surface area contributed by atoms with E-state index in [1.807, 2.05) is 24.4 Å². The van der Waals surface area contributed by atoms with Gasteiger partial charge in [0.25, 0.3) is 0 Å². The molecular weight excluding hydrogens is 372 g/mol. The van der Waals surface area contributed by atoms with Crippen LogP contribution in [-0.2, 0) is 11.2 Å².